The van der Waals surface area contributed by atoms with Crippen LogP contribution < -0.4 is 10.2 Å². The number of rotatable bonds is 2. The van der Waals surface area contributed by atoms with Crippen LogP contribution in [0.15, 0.2) is 24.3 Å². The minimum atomic E-state index is 0.0434. The molecule has 1 N–H and O–H groups in total. The van der Waals surface area contributed by atoms with Gasteiger partial charge in [-0.1, -0.05) is 24.3 Å². The molecular formula is C15H18N4O. The van der Waals surface area contributed by atoms with Gasteiger partial charge in [0.15, 0.2) is 5.82 Å². The zero-order valence-electron chi connectivity index (χ0n) is 11.8. The first-order valence-corrected chi connectivity index (χ1v) is 6.89. The molecule has 1 fully saturated rings. The van der Waals surface area contributed by atoms with E-state index in [9.17, 15) is 4.79 Å². The van der Waals surface area contributed by atoms with Crippen LogP contribution in [0.3, 0.4) is 0 Å². The first kappa shape index (κ1) is 12.8. The number of aryl methyl sites for hydroxylation is 1. The summed E-state index contributed by atoms with van der Waals surface area (Å²) in [7, 11) is 1.69. The minimum Gasteiger partial charge on any atom is -0.359 e. The quantitative estimate of drug-likeness (QED) is 0.898. The number of hydrogen-bond acceptors (Lipinski definition) is 4. The number of hydrogen-bond donors (Lipinski definition) is 1. The molecule has 0 saturated carbocycles. The molecule has 0 bridgehead atoms. The van der Waals surface area contributed by atoms with Crippen molar-refractivity contribution in [3.8, 4) is 0 Å². The number of fused-ring (bicyclic) bond motifs is 1. The molecule has 2 heterocycles. The van der Waals surface area contributed by atoms with Crippen LogP contribution in [0.25, 0.3) is 10.8 Å². The first-order chi connectivity index (χ1) is 9.70. The maximum Gasteiger partial charge on any atom is 0.224 e. The lowest BCUT2D eigenvalue weighted by Gasteiger charge is -2.19. The molecule has 1 saturated heterocycles. The fourth-order valence-corrected chi connectivity index (χ4v) is 2.83. The predicted octanol–water partition coefficient (Wildman–Crippen LogP) is 1.51. The van der Waals surface area contributed by atoms with Gasteiger partial charge >= 0.3 is 0 Å². The first-order valence-electron chi connectivity index (χ1n) is 6.89. The van der Waals surface area contributed by atoms with Gasteiger partial charge in [-0.3, -0.25) is 4.79 Å². The molecule has 20 heavy (non-hydrogen) atoms. The maximum absolute atomic E-state index is 11.7. The van der Waals surface area contributed by atoms with E-state index >= 15 is 0 Å². The van der Waals surface area contributed by atoms with E-state index in [0.29, 0.717) is 6.54 Å². The van der Waals surface area contributed by atoms with Crippen molar-refractivity contribution in [1.29, 1.82) is 0 Å². The summed E-state index contributed by atoms with van der Waals surface area (Å²) < 4.78 is 0. The lowest BCUT2D eigenvalue weighted by atomic mass is 10.1. The van der Waals surface area contributed by atoms with Gasteiger partial charge < -0.3 is 10.2 Å². The third-order valence-electron chi connectivity index (χ3n) is 3.96. The van der Waals surface area contributed by atoms with Crippen LogP contribution in [0.1, 0.15) is 12.1 Å². The normalized spacial score (nSPS) is 18.5. The number of benzene rings is 1. The van der Waals surface area contributed by atoms with Gasteiger partial charge in [-0.25, -0.2) is 0 Å². The molecule has 0 unspecified atom stereocenters. The molecule has 0 aliphatic carbocycles. The molecule has 0 spiro atoms. The maximum atomic E-state index is 11.7. The molecule has 1 aliphatic rings. The minimum absolute atomic E-state index is 0.0434. The van der Waals surface area contributed by atoms with Crippen molar-refractivity contribution in [1.82, 2.24) is 15.5 Å². The summed E-state index contributed by atoms with van der Waals surface area (Å²) in [5.74, 6) is 1.04. The monoisotopic (exact) mass is 270 g/mol. The fraction of sp³-hybridized carbons (Fsp3) is 0.400. The third kappa shape index (κ3) is 2.09. The number of carbonyl (C=O) groups is 1. The molecule has 3 rings (SSSR count). The molecule has 2 aromatic rings. The van der Waals surface area contributed by atoms with Gasteiger partial charge in [-0.2, -0.15) is 5.10 Å². The largest absolute Gasteiger partial charge is 0.359 e. The highest BCUT2D eigenvalue weighted by molar-refractivity contribution is 5.93. The standard InChI is InChI=1S/C15H18N4O/c1-10-12-5-3-4-6-13(12)14(18-17-10)19-8-7-11(9-19)15(20)16-2/h3-6,11H,7-9H2,1-2H3,(H,16,20)/t11-/m0/s1. The second kappa shape index (κ2) is 5.07. The van der Waals surface area contributed by atoms with Crippen molar-refractivity contribution < 1.29 is 4.79 Å². The number of nitrogens with one attached hydrogen (secondary N) is 1. The van der Waals surface area contributed by atoms with Crippen LogP contribution in [-0.4, -0.2) is 36.2 Å². The van der Waals surface area contributed by atoms with Crippen molar-refractivity contribution in [2.24, 2.45) is 5.92 Å². The van der Waals surface area contributed by atoms with Crippen LogP contribution in [0.4, 0.5) is 5.82 Å². The van der Waals surface area contributed by atoms with Crippen molar-refractivity contribution in [2.75, 3.05) is 25.0 Å². The summed E-state index contributed by atoms with van der Waals surface area (Å²) in [4.78, 5) is 13.9. The van der Waals surface area contributed by atoms with Gasteiger partial charge in [0.2, 0.25) is 5.91 Å². The second-order valence-electron chi connectivity index (χ2n) is 5.20. The van der Waals surface area contributed by atoms with Crippen LogP contribution in [-0.2, 0) is 4.79 Å². The van der Waals surface area contributed by atoms with Crippen LogP contribution in [0.5, 0.6) is 0 Å². The van der Waals surface area contributed by atoms with Crippen molar-refractivity contribution >= 4 is 22.5 Å². The Morgan fingerprint density at radius 3 is 2.80 bits per heavy atom. The molecular weight excluding hydrogens is 252 g/mol. The Labute approximate surface area is 118 Å². The second-order valence-corrected chi connectivity index (χ2v) is 5.20. The Morgan fingerprint density at radius 2 is 2.05 bits per heavy atom. The predicted molar refractivity (Wildman–Crippen MR) is 78.7 cm³/mol. The summed E-state index contributed by atoms with van der Waals surface area (Å²) in [6, 6.07) is 8.16. The Kier molecular flexibility index (Phi) is 3.26. The Morgan fingerprint density at radius 1 is 1.30 bits per heavy atom. The van der Waals surface area contributed by atoms with Gasteiger partial charge in [-0.15, -0.1) is 5.10 Å². The Balaban J connectivity index is 1.96. The Hall–Kier alpha value is -2.17. The highest BCUT2D eigenvalue weighted by atomic mass is 16.1. The van der Waals surface area contributed by atoms with Crippen molar-refractivity contribution in [3.63, 3.8) is 0 Å². The molecule has 5 nitrogen and oxygen atoms in total. The summed E-state index contributed by atoms with van der Waals surface area (Å²) in [6.07, 6.45) is 0.865. The van der Waals surface area contributed by atoms with E-state index in [1.807, 2.05) is 19.1 Å². The van der Waals surface area contributed by atoms with E-state index in [1.165, 1.54) is 0 Å². The van der Waals surface area contributed by atoms with E-state index in [4.69, 9.17) is 0 Å². The van der Waals surface area contributed by atoms with Crippen LogP contribution in [0.2, 0.25) is 0 Å². The summed E-state index contributed by atoms with van der Waals surface area (Å²) in [5.41, 5.74) is 0.936. The van der Waals surface area contributed by atoms with E-state index in [1.54, 1.807) is 7.05 Å². The lowest BCUT2D eigenvalue weighted by Crippen LogP contribution is -2.30. The zero-order chi connectivity index (χ0) is 14.1. The molecule has 1 aromatic carbocycles. The molecule has 104 valence electrons. The summed E-state index contributed by atoms with van der Waals surface area (Å²) >= 11 is 0. The van der Waals surface area contributed by atoms with Crippen LogP contribution >= 0.6 is 0 Å². The summed E-state index contributed by atoms with van der Waals surface area (Å²) in [6.45, 7) is 3.53. The number of anilines is 1. The number of nitrogens with zero attached hydrogens (tertiary/aromatic N) is 3. The highest BCUT2D eigenvalue weighted by Crippen LogP contribution is 2.29. The SMILES string of the molecule is CNC(=O)[C@H]1CCN(c2nnc(C)c3ccccc23)C1. The zero-order valence-corrected chi connectivity index (χ0v) is 11.8. The average Bonchev–Trinajstić information content (AvgIpc) is 2.97. The Bertz CT molecular complexity index is 655. The smallest absolute Gasteiger partial charge is 0.224 e. The number of aromatic nitrogens is 2. The van der Waals surface area contributed by atoms with E-state index < -0.39 is 0 Å². The number of amides is 1. The van der Waals surface area contributed by atoms with Gasteiger partial charge in [0.1, 0.15) is 0 Å². The highest BCUT2D eigenvalue weighted by Gasteiger charge is 2.29. The molecule has 1 aromatic heterocycles. The molecule has 1 aliphatic heterocycles. The lowest BCUT2D eigenvalue weighted by molar-refractivity contribution is -0.123. The van der Waals surface area contributed by atoms with Gasteiger partial charge in [0, 0.05) is 30.9 Å². The van der Waals surface area contributed by atoms with Gasteiger partial charge in [0.25, 0.3) is 0 Å². The molecule has 1 amide bonds. The van der Waals surface area contributed by atoms with Crippen molar-refractivity contribution in [3.05, 3.63) is 30.0 Å². The topological polar surface area (TPSA) is 58.1 Å². The number of carbonyl (C=O) groups excluding carboxylic acids is 1. The van der Waals surface area contributed by atoms with Crippen molar-refractivity contribution in [2.45, 2.75) is 13.3 Å². The molecule has 1 atom stereocenters. The molecule has 0 radical (unpaired) electrons. The summed E-state index contributed by atoms with van der Waals surface area (Å²) in [5, 5.41) is 13.6. The molecule has 5 heteroatoms. The average molecular weight is 270 g/mol. The van der Waals surface area contributed by atoms with E-state index in [2.05, 4.69) is 32.5 Å². The van der Waals surface area contributed by atoms with E-state index in [-0.39, 0.29) is 11.8 Å². The fourth-order valence-electron chi connectivity index (χ4n) is 2.83. The van der Waals surface area contributed by atoms with Gasteiger partial charge in [0.05, 0.1) is 11.6 Å². The van der Waals surface area contributed by atoms with Gasteiger partial charge in [-0.05, 0) is 13.3 Å². The third-order valence-corrected chi connectivity index (χ3v) is 3.96. The van der Waals surface area contributed by atoms with E-state index in [0.717, 1.165) is 35.2 Å². The van der Waals surface area contributed by atoms with Crippen LogP contribution in [0, 0.1) is 12.8 Å².